The molecule has 0 aromatic heterocycles. The smallest absolute Gasteiger partial charge is 0.123 e. The van der Waals surface area contributed by atoms with Gasteiger partial charge in [0.1, 0.15) is 18.1 Å². The minimum Gasteiger partial charge on any atom is -0.508 e. The summed E-state index contributed by atoms with van der Waals surface area (Å²) in [6, 6.07) is 27.2. The van der Waals surface area contributed by atoms with Gasteiger partial charge in [-0.25, -0.2) is 0 Å². The Morgan fingerprint density at radius 3 is 2.03 bits per heavy atom. The van der Waals surface area contributed by atoms with Crippen LogP contribution in [-0.4, -0.2) is 28.6 Å². The molecule has 1 N–H and O–H groups in total. The van der Waals surface area contributed by atoms with Gasteiger partial charge in [-0.2, -0.15) is 0 Å². The Morgan fingerprint density at radius 1 is 0.806 bits per heavy atom. The molecule has 0 amide bonds. The number of phenolic OH excluding ortho intramolecular Hbond substituents is 1. The summed E-state index contributed by atoms with van der Waals surface area (Å²) in [5, 5.41) is 10.3. The fourth-order valence-corrected chi connectivity index (χ4v) is 4.25. The third-order valence-electron chi connectivity index (χ3n) is 5.81. The first-order chi connectivity index (χ1) is 15.0. The molecule has 0 aliphatic heterocycles. The number of rotatable bonds is 10. The van der Waals surface area contributed by atoms with Gasteiger partial charge in [-0.15, -0.1) is 0 Å². The van der Waals surface area contributed by atoms with Crippen LogP contribution in [0.5, 0.6) is 11.5 Å². The fourth-order valence-electron chi connectivity index (χ4n) is 4.25. The van der Waals surface area contributed by atoms with Crippen LogP contribution in [0.3, 0.4) is 0 Å². The second-order valence-corrected chi connectivity index (χ2v) is 8.67. The lowest BCUT2D eigenvalue weighted by molar-refractivity contribution is 0.170. The average molecular weight is 418 g/mol. The van der Waals surface area contributed by atoms with Crippen molar-refractivity contribution >= 4 is 0 Å². The first-order valence-electron chi connectivity index (χ1n) is 11.3. The lowest BCUT2D eigenvalue weighted by Gasteiger charge is -2.32. The molecule has 3 rings (SSSR count). The molecule has 0 aliphatic carbocycles. The molecular weight excluding hydrogens is 382 g/mol. The first-order valence-corrected chi connectivity index (χ1v) is 11.3. The van der Waals surface area contributed by atoms with Gasteiger partial charge < -0.3 is 9.84 Å². The summed E-state index contributed by atoms with van der Waals surface area (Å²) < 4.78 is 6.26. The topological polar surface area (TPSA) is 32.7 Å². The molecule has 0 bridgehead atoms. The Hall–Kier alpha value is -2.78. The predicted molar refractivity (Wildman–Crippen MR) is 129 cm³/mol. The largest absolute Gasteiger partial charge is 0.508 e. The third-order valence-corrected chi connectivity index (χ3v) is 5.81. The molecular formula is C28H35NO2. The van der Waals surface area contributed by atoms with E-state index in [1.54, 1.807) is 6.07 Å². The second kappa shape index (κ2) is 11.0. The summed E-state index contributed by atoms with van der Waals surface area (Å²) in [5.41, 5.74) is 3.41. The summed E-state index contributed by atoms with van der Waals surface area (Å²) in [7, 11) is 0. The van der Waals surface area contributed by atoms with Crippen molar-refractivity contribution in [2.75, 3.05) is 6.54 Å². The molecule has 0 saturated carbocycles. The maximum absolute atomic E-state index is 10.3. The van der Waals surface area contributed by atoms with Crippen LogP contribution in [-0.2, 0) is 6.61 Å². The van der Waals surface area contributed by atoms with Gasteiger partial charge in [0.25, 0.3) is 0 Å². The van der Waals surface area contributed by atoms with Gasteiger partial charge in [-0.05, 0) is 70.0 Å². The molecule has 3 aromatic rings. The highest BCUT2D eigenvalue weighted by Crippen LogP contribution is 2.37. The van der Waals surface area contributed by atoms with Crippen molar-refractivity contribution in [2.45, 2.75) is 58.7 Å². The van der Waals surface area contributed by atoms with E-state index >= 15 is 0 Å². The Balaban J connectivity index is 1.91. The highest BCUT2D eigenvalue weighted by Gasteiger charge is 2.22. The highest BCUT2D eigenvalue weighted by molar-refractivity contribution is 5.46. The molecule has 0 fully saturated rings. The predicted octanol–water partition coefficient (Wildman–Crippen LogP) is 6.61. The quantitative estimate of drug-likeness (QED) is 0.403. The van der Waals surface area contributed by atoms with Gasteiger partial charge in [-0.1, -0.05) is 60.7 Å². The summed E-state index contributed by atoms with van der Waals surface area (Å²) in [6.07, 6.45) is 0.950. The lowest BCUT2D eigenvalue weighted by atomic mass is 9.87. The zero-order valence-electron chi connectivity index (χ0n) is 19.2. The van der Waals surface area contributed by atoms with Crippen LogP contribution in [0.15, 0.2) is 78.9 Å². The molecule has 0 radical (unpaired) electrons. The fraction of sp³-hybridized carbons (Fsp3) is 0.357. The van der Waals surface area contributed by atoms with Crippen molar-refractivity contribution in [2.24, 2.45) is 0 Å². The van der Waals surface area contributed by atoms with E-state index < -0.39 is 0 Å². The van der Waals surface area contributed by atoms with Crippen LogP contribution in [0.1, 0.15) is 56.7 Å². The zero-order chi connectivity index (χ0) is 22.2. The van der Waals surface area contributed by atoms with E-state index in [0.717, 1.165) is 29.8 Å². The number of ether oxygens (including phenoxy) is 1. The summed E-state index contributed by atoms with van der Waals surface area (Å²) in [6.45, 7) is 10.5. The maximum atomic E-state index is 10.3. The van der Waals surface area contributed by atoms with E-state index in [1.807, 2.05) is 36.4 Å². The SMILES string of the molecule is CC(C)N(CCC(c1ccccc1)c1cc(O)ccc1OCc1ccccc1)C(C)C. The summed E-state index contributed by atoms with van der Waals surface area (Å²) in [5.74, 6) is 1.24. The molecule has 0 saturated heterocycles. The van der Waals surface area contributed by atoms with E-state index in [-0.39, 0.29) is 11.7 Å². The monoisotopic (exact) mass is 417 g/mol. The summed E-state index contributed by atoms with van der Waals surface area (Å²) >= 11 is 0. The van der Waals surface area contributed by atoms with Gasteiger partial charge in [0.05, 0.1) is 0 Å². The molecule has 1 unspecified atom stereocenters. The van der Waals surface area contributed by atoms with Crippen molar-refractivity contribution < 1.29 is 9.84 Å². The van der Waals surface area contributed by atoms with Crippen molar-refractivity contribution in [1.29, 1.82) is 0 Å². The van der Waals surface area contributed by atoms with Crippen LogP contribution >= 0.6 is 0 Å². The van der Waals surface area contributed by atoms with Gasteiger partial charge >= 0.3 is 0 Å². The second-order valence-electron chi connectivity index (χ2n) is 8.67. The van der Waals surface area contributed by atoms with E-state index in [0.29, 0.717) is 18.7 Å². The number of hydrogen-bond donors (Lipinski definition) is 1. The number of aromatic hydroxyl groups is 1. The molecule has 0 spiro atoms. The molecule has 3 nitrogen and oxygen atoms in total. The number of benzene rings is 3. The molecule has 0 aliphatic rings. The van der Waals surface area contributed by atoms with Crippen LogP contribution in [0.4, 0.5) is 0 Å². The van der Waals surface area contributed by atoms with Crippen LogP contribution in [0, 0.1) is 0 Å². The van der Waals surface area contributed by atoms with E-state index in [4.69, 9.17) is 4.74 Å². The Bertz CT molecular complexity index is 914. The minimum absolute atomic E-state index is 0.138. The van der Waals surface area contributed by atoms with Crippen LogP contribution < -0.4 is 4.74 Å². The van der Waals surface area contributed by atoms with Crippen LogP contribution in [0.2, 0.25) is 0 Å². The molecule has 3 heteroatoms. The molecule has 3 aromatic carbocycles. The van der Waals surface area contributed by atoms with Crippen molar-refractivity contribution in [3.8, 4) is 11.5 Å². The van der Waals surface area contributed by atoms with E-state index in [1.165, 1.54) is 5.56 Å². The molecule has 0 heterocycles. The summed E-state index contributed by atoms with van der Waals surface area (Å²) in [4.78, 5) is 2.52. The minimum atomic E-state index is 0.138. The first kappa shape index (κ1) is 22.9. The molecule has 31 heavy (non-hydrogen) atoms. The zero-order valence-corrected chi connectivity index (χ0v) is 19.2. The van der Waals surface area contributed by atoms with Crippen molar-refractivity contribution in [3.05, 3.63) is 95.6 Å². The number of phenols is 1. The van der Waals surface area contributed by atoms with E-state index in [2.05, 4.69) is 69.0 Å². The molecule has 164 valence electrons. The highest BCUT2D eigenvalue weighted by atomic mass is 16.5. The normalized spacial score (nSPS) is 12.5. The average Bonchev–Trinajstić information content (AvgIpc) is 2.76. The van der Waals surface area contributed by atoms with Crippen LogP contribution in [0.25, 0.3) is 0 Å². The van der Waals surface area contributed by atoms with Gasteiger partial charge in [0, 0.05) is 23.6 Å². The Kier molecular flexibility index (Phi) is 8.13. The van der Waals surface area contributed by atoms with Gasteiger partial charge in [0.2, 0.25) is 0 Å². The standard InChI is InChI=1S/C28H35NO2/c1-21(2)29(22(3)4)18-17-26(24-13-9-6-10-14-24)27-19-25(30)15-16-28(27)31-20-23-11-7-5-8-12-23/h5-16,19,21-22,26,30H,17-18,20H2,1-4H3. The number of nitrogens with zero attached hydrogens (tertiary/aromatic N) is 1. The molecule has 1 atom stereocenters. The maximum Gasteiger partial charge on any atom is 0.123 e. The Labute approximate surface area is 187 Å². The van der Waals surface area contributed by atoms with Gasteiger partial charge in [0.15, 0.2) is 0 Å². The van der Waals surface area contributed by atoms with Crippen molar-refractivity contribution in [3.63, 3.8) is 0 Å². The van der Waals surface area contributed by atoms with Gasteiger partial charge in [-0.3, -0.25) is 4.90 Å². The third kappa shape index (κ3) is 6.35. The Morgan fingerprint density at radius 2 is 1.42 bits per heavy atom. The van der Waals surface area contributed by atoms with E-state index in [9.17, 15) is 5.11 Å². The lowest BCUT2D eigenvalue weighted by Crippen LogP contribution is -2.38. The number of hydrogen-bond acceptors (Lipinski definition) is 3. The van der Waals surface area contributed by atoms with Crippen molar-refractivity contribution in [1.82, 2.24) is 4.90 Å².